The Labute approximate surface area is 113 Å². The average molecular weight is 261 g/mol. The fourth-order valence-electron chi connectivity index (χ4n) is 1.86. The lowest BCUT2D eigenvalue weighted by atomic mass is 9.94. The second kappa shape index (κ2) is 5.34. The van der Waals surface area contributed by atoms with E-state index in [2.05, 4.69) is 0 Å². The van der Waals surface area contributed by atoms with Crippen molar-refractivity contribution in [3.63, 3.8) is 0 Å². The minimum absolute atomic E-state index is 0.0697. The number of nitrogens with zero attached hydrogens (tertiary/aromatic N) is 1. The van der Waals surface area contributed by atoms with Crippen molar-refractivity contribution in [3.05, 3.63) is 48.3 Å². The Bertz CT molecular complexity index is 470. The van der Waals surface area contributed by atoms with Gasteiger partial charge in [0.1, 0.15) is 11.5 Å². The predicted molar refractivity (Wildman–Crippen MR) is 71.1 cm³/mol. The second-order valence-corrected chi connectivity index (χ2v) is 5.57. The molecular weight excluding hydrogens is 242 g/mol. The number of carbonyl (C=O) groups excluding carboxylic acids is 1. The highest BCUT2D eigenvalue weighted by atomic mass is 16.3. The van der Waals surface area contributed by atoms with Gasteiger partial charge in [-0.2, -0.15) is 0 Å². The van der Waals surface area contributed by atoms with Crippen molar-refractivity contribution in [2.24, 2.45) is 5.41 Å². The zero-order valence-electron chi connectivity index (χ0n) is 11.6. The van der Waals surface area contributed by atoms with Crippen LogP contribution in [0.3, 0.4) is 0 Å². The molecule has 0 aromatic carbocycles. The number of amides is 1. The van der Waals surface area contributed by atoms with E-state index in [1.165, 1.54) is 0 Å². The van der Waals surface area contributed by atoms with Crippen LogP contribution in [0.2, 0.25) is 0 Å². The number of hydrogen-bond acceptors (Lipinski definition) is 3. The Morgan fingerprint density at radius 1 is 1.05 bits per heavy atom. The predicted octanol–water partition coefficient (Wildman–Crippen LogP) is 3.45. The molecule has 0 aliphatic rings. The molecular formula is C15H19NO3. The summed E-state index contributed by atoms with van der Waals surface area (Å²) in [5, 5.41) is 0. The standard InChI is InChI=1S/C15H19NO3/c1-15(2,3)14(17)16(10-12-6-4-8-18-12)11-13-7-5-9-19-13/h4-9H,10-11H2,1-3H3. The molecule has 0 fully saturated rings. The third kappa shape index (κ3) is 3.50. The van der Waals surface area contributed by atoms with Gasteiger partial charge in [-0.1, -0.05) is 20.8 Å². The maximum Gasteiger partial charge on any atom is 0.228 e. The van der Waals surface area contributed by atoms with E-state index >= 15 is 0 Å². The van der Waals surface area contributed by atoms with Crippen LogP contribution in [-0.2, 0) is 17.9 Å². The molecule has 4 nitrogen and oxygen atoms in total. The first-order chi connectivity index (χ1) is 8.97. The molecule has 0 bridgehead atoms. The molecule has 1 amide bonds. The number of carbonyl (C=O) groups is 1. The van der Waals surface area contributed by atoms with E-state index in [1.807, 2.05) is 45.0 Å². The van der Waals surface area contributed by atoms with E-state index in [0.29, 0.717) is 13.1 Å². The molecule has 0 radical (unpaired) electrons. The third-order valence-electron chi connectivity index (χ3n) is 2.78. The van der Waals surface area contributed by atoms with Gasteiger partial charge in [0, 0.05) is 5.41 Å². The monoisotopic (exact) mass is 261 g/mol. The second-order valence-electron chi connectivity index (χ2n) is 5.57. The lowest BCUT2D eigenvalue weighted by Crippen LogP contribution is -2.38. The third-order valence-corrected chi connectivity index (χ3v) is 2.78. The molecule has 19 heavy (non-hydrogen) atoms. The molecule has 4 heteroatoms. The highest BCUT2D eigenvalue weighted by Crippen LogP contribution is 2.21. The van der Waals surface area contributed by atoms with Gasteiger partial charge in [0.2, 0.25) is 5.91 Å². The van der Waals surface area contributed by atoms with Crippen LogP contribution in [-0.4, -0.2) is 10.8 Å². The van der Waals surface area contributed by atoms with E-state index in [0.717, 1.165) is 11.5 Å². The van der Waals surface area contributed by atoms with Gasteiger partial charge in [0.15, 0.2) is 0 Å². The summed E-state index contributed by atoms with van der Waals surface area (Å²) >= 11 is 0. The molecule has 2 heterocycles. The number of rotatable bonds is 4. The van der Waals surface area contributed by atoms with Crippen molar-refractivity contribution in [1.29, 1.82) is 0 Å². The van der Waals surface area contributed by atoms with Crippen LogP contribution in [0.1, 0.15) is 32.3 Å². The van der Waals surface area contributed by atoms with Crippen LogP contribution in [0.5, 0.6) is 0 Å². The highest BCUT2D eigenvalue weighted by molar-refractivity contribution is 5.81. The normalized spacial score (nSPS) is 11.5. The first-order valence-electron chi connectivity index (χ1n) is 6.31. The largest absolute Gasteiger partial charge is 0.467 e. The van der Waals surface area contributed by atoms with Crippen LogP contribution in [0.15, 0.2) is 45.6 Å². The molecule has 2 aromatic rings. The van der Waals surface area contributed by atoms with E-state index in [9.17, 15) is 4.79 Å². The fourth-order valence-corrected chi connectivity index (χ4v) is 1.86. The van der Waals surface area contributed by atoms with Crippen molar-refractivity contribution in [3.8, 4) is 0 Å². The van der Waals surface area contributed by atoms with Gasteiger partial charge in [-0.15, -0.1) is 0 Å². The molecule has 0 unspecified atom stereocenters. The molecule has 0 aliphatic heterocycles. The zero-order valence-corrected chi connectivity index (χ0v) is 11.6. The SMILES string of the molecule is CC(C)(C)C(=O)N(Cc1ccco1)Cc1ccco1. The first kappa shape index (κ1) is 13.5. The Morgan fingerprint density at radius 2 is 1.53 bits per heavy atom. The van der Waals surface area contributed by atoms with Gasteiger partial charge in [-0.25, -0.2) is 0 Å². The molecule has 0 aliphatic carbocycles. The first-order valence-corrected chi connectivity index (χ1v) is 6.31. The molecule has 0 saturated heterocycles. The molecule has 102 valence electrons. The van der Waals surface area contributed by atoms with E-state index in [4.69, 9.17) is 8.83 Å². The Balaban J connectivity index is 2.15. The minimum atomic E-state index is -0.431. The fraction of sp³-hybridized carbons (Fsp3) is 0.400. The lowest BCUT2D eigenvalue weighted by Gasteiger charge is -2.28. The molecule has 0 spiro atoms. The summed E-state index contributed by atoms with van der Waals surface area (Å²) in [7, 11) is 0. The Hall–Kier alpha value is -1.97. The summed E-state index contributed by atoms with van der Waals surface area (Å²) < 4.78 is 10.6. The summed E-state index contributed by atoms with van der Waals surface area (Å²) in [6.07, 6.45) is 3.23. The van der Waals surface area contributed by atoms with Crippen LogP contribution in [0, 0.1) is 5.41 Å². The summed E-state index contributed by atoms with van der Waals surface area (Å²) in [4.78, 5) is 14.2. The van der Waals surface area contributed by atoms with Gasteiger partial charge < -0.3 is 13.7 Å². The molecule has 0 atom stereocenters. The van der Waals surface area contributed by atoms with E-state index < -0.39 is 5.41 Å². The van der Waals surface area contributed by atoms with Crippen LogP contribution in [0.4, 0.5) is 0 Å². The van der Waals surface area contributed by atoms with Gasteiger partial charge >= 0.3 is 0 Å². The van der Waals surface area contributed by atoms with Gasteiger partial charge in [0.25, 0.3) is 0 Å². The summed E-state index contributed by atoms with van der Waals surface area (Å²) in [5.41, 5.74) is -0.431. The van der Waals surface area contributed by atoms with Crippen LogP contribution >= 0.6 is 0 Å². The summed E-state index contributed by atoms with van der Waals surface area (Å²) in [5.74, 6) is 1.61. The van der Waals surface area contributed by atoms with Gasteiger partial charge in [0.05, 0.1) is 25.6 Å². The van der Waals surface area contributed by atoms with Crippen molar-refractivity contribution < 1.29 is 13.6 Å². The van der Waals surface area contributed by atoms with E-state index in [-0.39, 0.29) is 5.91 Å². The zero-order chi connectivity index (χ0) is 13.9. The number of hydrogen-bond donors (Lipinski definition) is 0. The minimum Gasteiger partial charge on any atom is -0.467 e. The molecule has 0 saturated carbocycles. The quantitative estimate of drug-likeness (QED) is 0.846. The molecule has 2 aromatic heterocycles. The Kier molecular flexibility index (Phi) is 3.79. The van der Waals surface area contributed by atoms with Crippen molar-refractivity contribution in [2.45, 2.75) is 33.9 Å². The lowest BCUT2D eigenvalue weighted by molar-refractivity contribution is -0.141. The van der Waals surface area contributed by atoms with Crippen molar-refractivity contribution >= 4 is 5.91 Å². The smallest absolute Gasteiger partial charge is 0.228 e. The highest BCUT2D eigenvalue weighted by Gasteiger charge is 2.28. The van der Waals surface area contributed by atoms with Crippen molar-refractivity contribution in [2.75, 3.05) is 0 Å². The molecule has 2 rings (SSSR count). The van der Waals surface area contributed by atoms with Crippen molar-refractivity contribution in [1.82, 2.24) is 4.90 Å². The maximum absolute atomic E-state index is 12.5. The van der Waals surface area contributed by atoms with Crippen LogP contribution in [0.25, 0.3) is 0 Å². The van der Waals surface area contributed by atoms with Gasteiger partial charge in [-0.05, 0) is 24.3 Å². The average Bonchev–Trinajstić information content (AvgIpc) is 2.98. The maximum atomic E-state index is 12.5. The molecule has 0 N–H and O–H groups in total. The summed E-state index contributed by atoms with van der Waals surface area (Å²) in [6.45, 7) is 6.62. The van der Waals surface area contributed by atoms with Gasteiger partial charge in [-0.3, -0.25) is 4.79 Å². The van der Waals surface area contributed by atoms with Crippen LogP contribution < -0.4 is 0 Å². The number of furan rings is 2. The summed E-state index contributed by atoms with van der Waals surface area (Å²) in [6, 6.07) is 7.38. The Morgan fingerprint density at radius 3 is 1.84 bits per heavy atom. The van der Waals surface area contributed by atoms with E-state index in [1.54, 1.807) is 17.4 Å². The topological polar surface area (TPSA) is 46.6 Å².